The highest BCUT2D eigenvalue weighted by atomic mass is 35.5. The van der Waals surface area contributed by atoms with Crippen LogP contribution in [-0.2, 0) is 0 Å². The van der Waals surface area contributed by atoms with Gasteiger partial charge in [0.05, 0.1) is 26.7 Å². The summed E-state index contributed by atoms with van der Waals surface area (Å²) >= 11 is 5.81. The molecule has 0 radical (unpaired) electrons. The van der Waals surface area contributed by atoms with Crippen LogP contribution in [0.25, 0.3) is 0 Å². The van der Waals surface area contributed by atoms with Gasteiger partial charge in [0.15, 0.2) is 0 Å². The summed E-state index contributed by atoms with van der Waals surface area (Å²) < 4.78 is 1.28. The zero-order chi connectivity index (χ0) is 14.4. The molecule has 0 aliphatic heterocycles. The van der Waals surface area contributed by atoms with Gasteiger partial charge in [0, 0.05) is 5.88 Å². The predicted octanol–water partition coefficient (Wildman–Crippen LogP) is 2.62. The van der Waals surface area contributed by atoms with Crippen LogP contribution < -0.4 is 12.4 Å². The largest absolute Gasteiger partial charge is 1.00 e. The summed E-state index contributed by atoms with van der Waals surface area (Å²) in [6.07, 6.45) is 13.6. The Morgan fingerprint density at radius 3 is 1.55 bits per heavy atom. The van der Waals surface area contributed by atoms with Gasteiger partial charge in [0.1, 0.15) is 0 Å². The van der Waals surface area contributed by atoms with Gasteiger partial charge in [-0.1, -0.05) is 39.5 Å². The number of hydrogen-bond acceptors (Lipinski definition) is 0. The van der Waals surface area contributed by atoms with Gasteiger partial charge in [-0.15, -0.1) is 11.6 Å². The van der Waals surface area contributed by atoms with E-state index in [0.29, 0.717) is 0 Å². The molecule has 1 unspecified atom stereocenters. The summed E-state index contributed by atoms with van der Waals surface area (Å²) in [4.78, 5) is 0. The van der Waals surface area contributed by atoms with E-state index in [4.69, 9.17) is 11.6 Å². The fraction of sp³-hybridized carbons (Fsp3) is 1.00. The highest BCUT2D eigenvalue weighted by Gasteiger charge is 2.19. The second-order valence-corrected chi connectivity index (χ2v) is 6.69. The molecule has 0 aliphatic carbocycles. The maximum Gasteiger partial charge on any atom is 0.0784 e. The average molecular weight is 326 g/mol. The molecule has 0 aromatic carbocycles. The first-order valence-electron chi connectivity index (χ1n) is 8.58. The molecule has 0 spiro atoms. The molecule has 0 amide bonds. The molecule has 0 saturated heterocycles. The summed E-state index contributed by atoms with van der Waals surface area (Å²) in [5, 5.41) is 0. The third kappa shape index (κ3) is 13.5. The summed E-state index contributed by atoms with van der Waals surface area (Å²) in [5.74, 6) is 0.825. The van der Waals surface area contributed by atoms with Crippen LogP contribution in [0, 0.1) is 0 Å². The zero-order valence-electron chi connectivity index (χ0n) is 14.1. The van der Waals surface area contributed by atoms with Crippen molar-refractivity contribution >= 4 is 11.6 Å². The molecule has 0 aliphatic rings. The molecule has 0 bridgehead atoms. The average Bonchev–Trinajstić information content (AvgIpc) is 2.39. The Bertz CT molecular complexity index is 176. The first-order valence-corrected chi connectivity index (χ1v) is 9.11. The minimum atomic E-state index is 0. The Hall–Kier alpha value is 0.540. The van der Waals surface area contributed by atoms with Crippen LogP contribution in [0.15, 0.2) is 0 Å². The molecule has 0 saturated carbocycles. The van der Waals surface area contributed by atoms with E-state index in [2.05, 4.69) is 20.9 Å². The van der Waals surface area contributed by atoms with E-state index in [1.165, 1.54) is 88.3 Å². The van der Waals surface area contributed by atoms with Crippen LogP contribution in [0.4, 0.5) is 0 Å². The van der Waals surface area contributed by atoms with E-state index in [0.717, 1.165) is 5.88 Å². The molecule has 0 heterocycles. The topological polar surface area (TPSA) is 0 Å². The van der Waals surface area contributed by atoms with Crippen molar-refractivity contribution in [1.82, 2.24) is 0 Å². The molecule has 0 aromatic rings. The van der Waals surface area contributed by atoms with Crippen molar-refractivity contribution in [2.24, 2.45) is 0 Å². The van der Waals surface area contributed by atoms with Gasteiger partial charge in [-0.25, -0.2) is 0 Å². The van der Waals surface area contributed by atoms with E-state index < -0.39 is 0 Å². The van der Waals surface area contributed by atoms with Crippen molar-refractivity contribution < 1.29 is 16.9 Å². The van der Waals surface area contributed by atoms with Crippen molar-refractivity contribution in [3.05, 3.63) is 0 Å². The Labute approximate surface area is 139 Å². The summed E-state index contributed by atoms with van der Waals surface area (Å²) in [7, 11) is 2.46. The second-order valence-electron chi connectivity index (χ2n) is 6.31. The van der Waals surface area contributed by atoms with Gasteiger partial charge in [-0.2, -0.15) is 0 Å². The third-order valence-electron chi connectivity index (χ3n) is 4.18. The van der Waals surface area contributed by atoms with E-state index in [-0.39, 0.29) is 12.4 Å². The van der Waals surface area contributed by atoms with Crippen molar-refractivity contribution in [1.29, 1.82) is 0 Å². The van der Waals surface area contributed by atoms with Gasteiger partial charge in [0.25, 0.3) is 0 Å². The quantitative estimate of drug-likeness (QED) is 0.261. The van der Waals surface area contributed by atoms with E-state index in [1.807, 2.05) is 0 Å². The molecule has 0 N–H and O–H groups in total. The molecule has 0 rings (SSSR count). The Balaban J connectivity index is 0. The number of halogens is 2. The van der Waals surface area contributed by atoms with Crippen molar-refractivity contribution in [3.8, 4) is 0 Å². The lowest BCUT2D eigenvalue weighted by molar-refractivity contribution is -0.910. The number of alkyl halides is 1. The first-order chi connectivity index (χ1) is 9.18. The van der Waals surface area contributed by atoms with E-state index >= 15 is 0 Å². The monoisotopic (exact) mass is 325 g/mol. The van der Waals surface area contributed by atoms with E-state index in [1.54, 1.807) is 0 Å². The van der Waals surface area contributed by atoms with Gasteiger partial charge >= 0.3 is 0 Å². The summed E-state index contributed by atoms with van der Waals surface area (Å²) in [6, 6.07) is 0. The lowest BCUT2D eigenvalue weighted by Crippen LogP contribution is -3.00. The fourth-order valence-electron chi connectivity index (χ4n) is 2.76. The minimum absolute atomic E-state index is 0. The van der Waals surface area contributed by atoms with Crippen molar-refractivity contribution in [2.45, 2.75) is 78.1 Å². The second kappa shape index (κ2) is 15.9. The van der Waals surface area contributed by atoms with Gasteiger partial charge in [0.2, 0.25) is 0 Å². The molecule has 1 nitrogen and oxygen atoms in total. The van der Waals surface area contributed by atoms with Gasteiger partial charge in [-0.3, -0.25) is 0 Å². The number of nitrogens with zero attached hydrogens (tertiary/aromatic N) is 1. The standard InChI is InChI=1S/C17H37ClN.ClH/c1-4-6-8-9-12-16-19(3,15-11-7-5-2)17-13-10-14-18;/h4-17H2,1-3H3;1H/q+1;/p-1. The minimum Gasteiger partial charge on any atom is -1.00 e. The van der Waals surface area contributed by atoms with Crippen LogP contribution in [0.1, 0.15) is 78.1 Å². The number of unbranched alkanes of at least 4 members (excludes halogenated alkanes) is 7. The number of quaternary nitrogens is 1. The molecule has 20 heavy (non-hydrogen) atoms. The van der Waals surface area contributed by atoms with E-state index in [9.17, 15) is 0 Å². The van der Waals surface area contributed by atoms with Gasteiger partial charge < -0.3 is 16.9 Å². The molecule has 3 heteroatoms. The number of hydrogen-bond donors (Lipinski definition) is 0. The Morgan fingerprint density at radius 1 is 0.650 bits per heavy atom. The smallest absolute Gasteiger partial charge is 0.0784 e. The van der Waals surface area contributed by atoms with Crippen molar-refractivity contribution in [2.75, 3.05) is 32.6 Å². The zero-order valence-corrected chi connectivity index (χ0v) is 15.6. The van der Waals surface area contributed by atoms with Crippen molar-refractivity contribution in [3.63, 3.8) is 0 Å². The lowest BCUT2D eigenvalue weighted by Gasteiger charge is -2.35. The normalized spacial score (nSPS) is 13.8. The lowest BCUT2D eigenvalue weighted by atomic mass is 10.1. The maximum absolute atomic E-state index is 5.81. The van der Waals surface area contributed by atoms with Crippen LogP contribution in [-0.4, -0.2) is 37.0 Å². The van der Waals surface area contributed by atoms with Crippen LogP contribution in [0.2, 0.25) is 0 Å². The fourth-order valence-corrected chi connectivity index (χ4v) is 2.95. The van der Waals surface area contributed by atoms with Crippen LogP contribution in [0.3, 0.4) is 0 Å². The maximum atomic E-state index is 5.81. The summed E-state index contributed by atoms with van der Waals surface area (Å²) in [6.45, 7) is 8.64. The van der Waals surface area contributed by atoms with Crippen LogP contribution in [0.5, 0.6) is 0 Å². The Kier molecular flexibility index (Phi) is 18.2. The molecular formula is C17H37Cl2N. The highest BCUT2D eigenvalue weighted by molar-refractivity contribution is 6.17. The third-order valence-corrected chi connectivity index (χ3v) is 4.45. The Morgan fingerprint density at radius 2 is 1.05 bits per heavy atom. The highest BCUT2D eigenvalue weighted by Crippen LogP contribution is 2.13. The molecule has 124 valence electrons. The van der Waals surface area contributed by atoms with Gasteiger partial charge in [-0.05, 0) is 38.5 Å². The van der Waals surface area contributed by atoms with Crippen LogP contribution >= 0.6 is 11.6 Å². The molecule has 0 fully saturated rings. The summed E-state index contributed by atoms with van der Waals surface area (Å²) in [5.41, 5.74) is 0. The predicted molar refractivity (Wildman–Crippen MR) is 89.0 cm³/mol. The first kappa shape index (κ1) is 22.8. The molecule has 1 atom stereocenters. The number of rotatable bonds is 14. The molecular weight excluding hydrogens is 289 g/mol. The molecule has 0 aromatic heterocycles. The SMILES string of the molecule is CCCCCCC[N+](C)(CCCCC)CCCCCl.[Cl-].